The van der Waals surface area contributed by atoms with Gasteiger partial charge in [0, 0.05) is 59.3 Å². The number of hydrogen-bond donors (Lipinski definition) is 2. The summed E-state index contributed by atoms with van der Waals surface area (Å²) in [6.07, 6.45) is 1.64. The average Bonchev–Trinajstić information content (AvgIpc) is 3.08. The Hall–Kier alpha value is -4.21. The van der Waals surface area contributed by atoms with E-state index in [9.17, 15) is 13.6 Å². The lowest BCUT2D eigenvalue weighted by molar-refractivity contribution is 0.0797. The maximum Gasteiger partial charge on any atom is 0.253 e. The van der Waals surface area contributed by atoms with Crippen LogP contribution in [0.3, 0.4) is 0 Å². The number of fused-ring (bicyclic) bond motifs is 3. The van der Waals surface area contributed by atoms with Crippen molar-refractivity contribution in [3.8, 4) is 11.3 Å². The Morgan fingerprint density at radius 2 is 1.79 bits per heavy atom. The molecule has 0 aliphatic carbocycles. The van der Waals surface area contributed by atoms with E-state index in [1.807, 2.05) is 7.05 Å². The summed E-state index contributed by atoms with van der Waals surface area (Å²) in [5.41, 5.74) is 3.58. The van der Waals surface area contributed by atoms with E-state index in [0.717, 1.165) is 0 Å². The molecule has 1 amide bonds. The van der Waals surface area contributed by atoms with Crippen LogP contribution in [0.15, 0.2) is 71.9 Å². The Kier molecular flexibility index (Phi) is 7.63. The van der Waals surface area contributed by atoms with E-state index in [1.165, 1.54) is 18.2 Å². The molecule has 39 heavy (non-hydrogen) atoms. The Bertz CT molecular complexity index is 1550. The van der Waals surface area contributed by atoms with E-state index in [-0.39, 0.29) is 23.7 Å². The van der Waals surface area contributed by atoms with Gasteiger partial charge in [-0.3, -0.25) is 9.79 Å². The van der Waals surface area contributed by atoms with Gasteiger partial charge in [0.2, 0.25) is 5.95 Å². The maximum absolute atomic E-state index is 14.8. The summed E-state index contributed by atoms with van der Waals surface area (Å²) in [4.78, 5) is 28.0. The van der Waals surface area contributed by atoms with Crippen LogP contribution in [-0.4, -0.2) is 53.7 Å². The summed E-state index contributed by atoms with van der Waals surface area (Å²) in [5.74, 6) is -1.18. The number of halogens is 3. The highest BCUT2D eigenvalue weighted by Crippen LogP contribution is 2.34. The number of nitrogens with one attached hydrogen (secondary N) is 2. The second kappa shape index (κ2) is 11.3. The molecule has 0 radical (unpaired) electrons. The van der Waals surface area contributed by atoms with Crippen molar-refractivity contribution >= 4 is 34.9 Å². The number of likely N-dealkylation sites (N-methyl/N-ethyl adjacent to an activating group) is 2. The lowest BCUT2D eigenvalue weighted by Gasteiger charge is -2.17. The maximum atomic E-state index is 14.8. The average molecular weight is 547 g/mol. The fourth-order valence-electron chi connectivity index (χ4n) is 4.35. The Labute approximate surface area is 229 Å². The topological polar surface area (TPSA) is 82.5 Å². The van der Waals surface area contributed by atoms with Crippen molar-refractivity contribution < 1.29 is 13.6 Å². The molecular weight excluding hydrogens is 522 g/mol. The molecule has 3 aromatic carbocycles. The molecule has 1 aromatic heterocycles. The van der Waals surface area contributed by atoms with Crippen molar-refractivity contribution in [2.75, 3.05) is 32.5 Å². The number of aromatic nitrogens is 2. The summed E-state index contributed by atoms with van der Waals surface area (Å²) >= 11 is 6.29. The minimum absolute atomic E-state index is 0.0737. The number of benzene rings is 3. The minimum Gasteiger partial charge on any atom is -0.340 e. The highest BCUT2D eigenvalue weighted by Gasteiger charge is 2.25. The summed E-state index contributed by atoms with van der Waals surface area (Å²) in [7, 11) is 3.60. The number of hydrogen-bond acceptors (Lipinski definition) is 6. The molecule has 0 atom stereocenters. The van der Waals surface area contributed by atoms with Gasteiger partial charge in [0.15, 0.2) is 0 Å². The third-order valence-electron chi connectivity index (χ3n) is 6.40. The first kappa shape index (κ1) is 26.4. The van der Waals surface area contributed by atoms with Gasteiger partial charge in [0.05, 0.1) is 23.5 Å². The predicted molar refractivity (Wildman–Crippen MR) is 149 cm³/mol. The molecule has 0 spiro atoms. The van der Waals surface area contributed by atoms with Crippen LogP contribution < -0.4 is 10.6 Å². The van der Waals surface area contributed by atoms with Crippen molar-refractivity contribution in [1.29, 1.82) is 0 Å². The first-order chi connectivity index (χ1) is 18.9. The molecule has 4 aromatic rings. The van der Waals surface area contributed by atoms with E-state index >= 15 is 0 Å². The fraction of sp³-hybridized carbons (Fsp3) is 0.172. The molecule has 7 nitrogen and oxygen atoms in total. The van der Waals surface area contributed by atoms with Gasteiger partial charge in [-0.1, -0.05) is 23.7 Å². The third-order valence-corrected chi connectivity index (χ3v) is 6.63. The molecular formula is C29H25ClF2N6O. The van der Waals surface area contributed by atoms with Gasteiger partial charge in [-0.25, -0.2) is 18.7 Å². The molecule has 0 bridgehead atoms. The molecule has 0 saturated heterocycles. The number of amides is 1. The van der Waals surface area contributed by atoms with Crippen molar-refractivity contribution in [2.45, 2.75) is 6.54 Å². The van der Waals surface area contributed by atoms with Gasteiger partial charge in [0.1, 0.15) is 11.6 Å². The summed E-state index contributed by atoms with van der Waals surface area (Å²) in [5, 5.41) is 6.60. The zero-order valence-corrected chi connectivity index (χ0v) is 22.1. The van der Waals surface area contributed by atoms with Gasteiger partial charge in [-0.2, -0.15) is 0 Å². The number of rotatable bonds is 7. The quantitative estimate of drug-likeness (QED) is 0.322. The van der Waals surface area contributed by atoms with E-state index in [0.29, 0.717) is 57.7 Å². The second-order valence-electron chi connectivity index (χ2n) is 9.05. The molecule has 1 aliphatic rings. The van der Waals surface area contributed by atoms with Crippen LogP contribution in [0, 0.1) is 11.6 Å². The van der Waals surface area contributed by atoms with Gasteiger partial charge in [-0.05, 0) is 55.6 Å². The van der Waals surface area contributed by atoms with E-state index < -0.39 is 11.6 Å². The van der Waals surface area contributed by atoms with Gasteiger partial charge in [-0.15, -0.1) is 0 Å². The zero-order chi connectivity index (χ0) is 27.5. The first-order valence-electron chi connectivity index (χ1n) is 12.3. The Morgan fingerprint density at radius 1 is 1.05 bits per heavy atom. The predicted octanol–water partition coefficient (Wildman–Crippen LogP) is 5.46. The molecule has 198 valence electrons. The number of anilines is 2. The summed E-state index contributed by atoms with van der Waals surface area (Å²) in [6, 6.07) is 15.8. The van der Waals surface area contributed by atoms with Crippen LogP contribution in [0.1, 0.15) is 27.0 Å². The molecule has 2 heterocycles. The molecule has 0 saturated carbocycles. The molecule has 10 heteroatoms. The molecule has 1 aliphatic heterocycles. The van der Waals surface area contributed by atoms with Crippen LogP contribution in [0.5, 0.6) is 0 Å². The van der Waals surface area contributed by atoms with Gasteiger partial charge >= 0.3 is 0 Å². The van der Waals surface area contributed by atoms with Crippen LogP contribution in [0.2, 0.25) is 5.02 Å². The number of carbonyl (C=O) groups excluding carboxylic acids is 1. The van der Waals surface area contributed by atoms with Gasteiger partial charge < -0.3 is 15.5 Å². The van der Waals surface area contributed by atoms with Crippen LogP contribution in [0.4, 0.5) is 20.4 Å². The molecule has 0 fully saturated rings. The van der Waals surface area contributed by atoms with Crippen molar-refractivity contribution in [2.24, 2.45) is 4.99 Å². The first-order valence-corrected chi connectivity index (χ1v) is 12.7. The normalized spacial score (nSPS) is 12.2. The largest absolute Gasteiger partial charge is 0.340 e. The molecule has 2 N–H and O–H groups in total. The van der Waals surface area contributed by atoms with E-state index in [4.69, 9.17) is 16.6 Å². The smallest absolute Gasteiger partial charge is 0.253 e. The standard InChI is InChI=1S/C29H25ClF2N6O/c1-33-12-13-38(2)28(39)17-6-9-20(10-7-17)36-29-35-16-18-15-34-27(25-23(31)4-3-5-24(25)32)22-14-19(30)8-11-21(22)26(18)37-29/h3-11,14,16,33H,12-13,15H2,1-2H3,(H,35,36,37). The minimum atomic E-state index is -0.714. The van der Waals surface area contributed by atoms with Crippen LogP contribution >= 0.6 is 11.6 Å². The highest BCUT2D eigenvalue weighted by atomic mass is 35.5. The van der Waals surface area contributed by atoms with Crippen LogP contribution in [0.25, 0.3) is 11.3 Å². The lowest BCUT2D eigenvalue weighted by atomic mass is 9.95. The fourth-order valence-corrected chi connectivity index (χ4v) is 4.52. The summed E-state index contributed by atoms with van der Waals surface area (Å²) < 4.78 is 29.5. The SMILES string of the molecule is CNCCN(C)C(=O)c1ccc(Nc2ncc3c(n2)-c2ccc(Cl)cc2C(c2c(F)cccc2F)=NC3)cc1. The van der Waals surface area contributed by atoms with Crippen molar-refractivity contribution in [3.05, 3.63) is 106 Å². The number of nitrogens with zero attached hydrogens (tertiary/aromatic N) is 4. The number of aliphatic imine (C=N–C) groups is 1. The second-order valence-corrected chi connectivity index (χ2v) is 9.49. The van der Waals surface area contributed by atoms with E-state index in [2.05, 4.69) is 20.6 Å². The highest BCUT2D eigenvalue weighted by molar-refractivity contribution is 6.31. The van der Waals surface area contributed by atoms with E-state index in [1.54, 1.807) is 60.6 Å². The monoisotopic (exact) mass is 546 g/mol. The van der Waals surface area contributed by atoms with Crippen LogP contribution in [-0.2, 0) is 6.54 Å². The van der Waals surface area contributed by atoms with Crippen molar-refractivity contribution in [3.63, 3.8) is 0 Å². The van der Waals surface area contributed by atoms with Gasteiger partial charge in [0.25, 0.3) is 5.91 Å². The number of carbonyl (C=O) groups is 1. The Morgan fingerprint density at radius 3 is 2.51 bits per heavy atom. The molecule has 5 rings (SSSR count). The zero-order valence-electron chi connectivity index (χ0n) is 21.3. The molecule has 0 unspecified atom stereocenters. The van der Waals surface area contributed by atoms with Crippen molar-refractivity contribution in [1.82, 2.24) is 20.2 Å². The Balaban J connectivity index is 1.46. The lowest BCUT2D eigenvalue weighted by Crippen LogP contribution is -2.32. The summed E-state index contributed by atoms with van der Waals surface area (Å²) in [6.45, 7) is 1.43. The third kappa shape index (κ3) is 5.50.